The second kappa shape index (κ2) is 4.52. The minimum atomic E-state index is -1.50. The summed E-state index contributed by atoms with van der Waals surface area (Å²) >= 11 is 0. The first-order valence-electron chi connectivity index (χ1n) is 4.01. The Balaban J connectivity index is 0.000000187. The molecule has 1 rings (SSSR count). The molecule has 0 spiro atoms. The maximum Gasteiger partial charge on any atom is 0.156 e. The summed E-state index contributed by atoms with van der Waals surface area (Å²) in [6.45, 7) is 6.45. The van der Waals surface area contributed by atoms with Crippen molar-refractivity contribution in [1.82, 2.24) is 0 Å². The van der Waals surface area contributed by atoms with Crippen LogP contribution in [0.15, 0.2) is 12.2 Å². The highest BCUT2D eigenvalue weighted by atomic mass is 16.5. The summed E-state index contributed by atoms with van der Waals surface area (Å²) < 4.78 is 0. The van der Waals surface area contributed by atoms with E-state index in [1.807, 2.05) is 0 Å². The number of aliphatic hydroxyl groups is 2. The Bertz CT molecular complexity index is 108. The van der Waals surface area contributed by atoms with E-state index >= 15 is 0 Å². The van der Waals surface area contributed by atoms with Crippen LogP contribution in [-0.2, 0) is 0 Å². The molecule has 0 aliphatic heterocycles. The zero-order valence-corrected chi connectivity index (χ0v) is 7.43. The molecule has 0 amide bonds. The summed E-state index contributed by atoms with van der Waals surface area (Å²) in [4.78, 5) is 0. The molecule has 1 saturated carbocycles. The van der Waals surface area contributed by atoms with Crippen molar-refractivity contribution >= 4 is 0 Å². The fourth-order valence-corrected chi connectivity index (χ4v) is 0.875. The first-order valence-corrected chi connectivity index (χ1v) is 4.01. The molecule has 0 unspecified atom stereocenters. The molecule has 2 nitrogen and oxygen atoms in total. The Morgan fingerprint density at radius 1 is 1.18 bits per heavy atom. The van der Waals surface area contributed by atoms with E-state index in [4.69, 9.17) is 10.2 Å². The van der Waals surface area contributed by atoms with E-state index in [2.05, 4.69) is 6.58 Å². The summed E-state index contributed by atoms with van der Waals surface area (Å²) in [6, 6.07) is 0. The molecule has 1 aliphatic carbocycles. The third-order valence-corrected chi connectivity index (χ3v) is 1.31. The van der Waals surface area contributed by atoms with Crippen LogP contribution in [0, 0.1) is 0 Å². The molecule has 66 valence electrons. The van der Waals surface area contributed by atoms with E-state index in [1.165, 1.54) is 45.1 Å². The van der Waals surface area contributed by atoms with Crippen molar-refractivity contribution in [2.75, 3.05) is 0 Å². The molecule has 0 aromatic rings. The molecule has 1 aliphatic rings. The zero-order chi connectivity index (χ0) is 8.91. The maximum atomic E-state index is 8.08. The fraction of sp³-hybridized carbons (Fsp3) is 0.778. The van der Waals surface area contributed by atoms with Crippen LogP contribution in [0.2, 0.25) is 0 Å². The van der Waals surface area contributed by atoms with Crippen molar-refractivity contribution in [2.24, 2.45) is 0 Å². The zero-order valence-electron chi connectivity index (χ0n) is 7.43. The second-order valence-corrected chi connectivity index (χ2v) is 3.45. The van der Waals surface area contributed by atoms with Crippen LogP contribution in [0.1, 0.15) is 39.5 Å². The molecule has 0 radical (unpaired) electrons. The van der Waals surface area contributed by atoms with E-state index in [9.17, 15) is 0 Å². The van der Waals surface area contributed by atoms with Crippen molar-refractivity contribution in [1.29, 1.82) is 0 Å². The molecule has 0 atom stereocenters. The predicted molar refractivity (Wildman–Crippen MR) is 46.1 cm³/mol. The minimum Gasteiger partial charge on any atom is -0.366 e. The lowest BCUT2D eigenvalue weighted by molar-refractivity contribution is -0.127. The Morgan fingerprint density at radius 3 is 1.55 bits per heavy atom. The van der Waals surface area contributed by atoms with Gasteiger partial charge in [-0.1, -0.05) is 12.2 Å². The van der Waals surface area contributed by atoms with Crippen molar-refractivity contribution in [3.8, 4) is 0 Å². The van der Waals surface area contributed by atoms with Gasteiger partial charge in [0.25, 0.3) is 0 Å². The lowest BCUT2D eigenvalue weighted by Gasteiger charge is -2.03. The van der Waals surface area contributed by atoms with Crippen LogP contribution in [-0.4, -0.2) is 16.0 Å². The van der Waals surface area contributed by atoms with Crippen molar-refractivity contribution in [2.45, 2.75) is 45.3 Å². The van der Waals surface area contributed by atoms with Gasteiger partial charge >= 0.3 is 0 Å². The highest BCUT2D eigenvalue weighted by molar-refractivity contribution is 4.98. The van der Waals surface area contributed by atoms with E-state index in [0.29, 0.717) is 0 Å². The SMILES string of the molecule is C=C1CCCC1.CC(C)(O)O. The van der Waals surface area contributed by atoms with Gasteiger partial charge in [0.2, 0.25) is 0 Å². The molecule has 0 aromatic carbocycles. The van der Waals surface area contributed by atoms with Crippen LogP contribution in [0.3, 0.4) is 0 Å². The van der Waals surface area contributed by atoms with Gasteiger partial charge in [-0.15, -0.1) is 0 Å². The summed E-state index contributed by atoms with van der Waals surface area (Å²) in [5.41, 5.74) is 1.45. The van der Waals surface area contributed by atoms with Crippen LogP contribution < -0.4 is 0 Å². The van der Waals surface area contributed by atoms with Gasteiger partial charge in [0.1, 0.15) is 0 Å². The third kappa shape index (κ3) is 12.8. The van der Waals surface area contributed by atoms with E-state index in [-0.39, 0.29) is 0 Å². The van der Waals surface area contributed by atoms with Crippen molar-refractivity contribution < 1.29 is 10.2 Å². The van der Waals surface area contributed by atoms with Gasteiger partial charge in [-0.2, -0.15) is 0 Å². The van der Waals surface area contributed by atoms with Gasteiger partial charge in [-0.25, -0.2) is 0 Å². The highest BCUT2D eigenvalue weighted by Crippen LogP contribution is 2.20. The fourth-order valence-electron chi connectivity index (χ4n) is 0.875. The molecule has 2 heteroatoms. The molecule has 2 N–H and O–H groups in total. The number of hydrogen-bond donors (Lipinski definition) is 2. The maximum absolute atomic E-state index is 8.08. The summed E-state index contributed by atoms with van der Waals surface area (Å²) in [5, 5.41) is 16.2. The lowest BCUT2D eigenvalue weighted by Crippen LogP contribution is -2.15. The molecular formula is C9H18O2. The van der Waals surface area contributed by atoms with Crippen molar-refractivity contribution in [3.05, 3.63) is 12.2 Å². The topological polar surface area (TPSA) is 40.5 Å². The Labute approximate surface area is 68.6 Å². The smallest absolute Gasteiger partial charge is 0.156 e. The van der Waals surface area contributed by atoms with Crippen LogP contribution in [0.4, 0.5) is 0 Å². The van der Waals surface area contributed by atoms with Gasteiger partial charge in [0.15, 0.2) is 5.79 Å². The monoisotopic (exact) mass is 158 g/mol. The summed E-state index contributed by atoms with van der Waals surface area (Å²) in [7, 11) is 0. The normalized spacial score (nSPS) is 17.6. The largest absolute Gasteiger partial charge is 0.366 e. The average Bonchev–Trinajstić information content (AvgIpc) is 2.12. The van der Waals surface area contributed by atoms with Gasteiger partial charge in [-0.3, -0.25) is 0 Å². The van der Waals surface area contributed by atoms with Gasteiger partial charge in [0, 0.05) is 0 Å². The third-order valence-electron chi connectivity index (χ3n) is 1.31. The van der Waals surface area contributed by atoms with Crippen LogP contribution in [0.5, 0.6) is 0 Å². The lowest BCUT2D eigenvalue weighted by atomic mass is 10.3. The number of hydrogen-bond acceptors (Lipinski definition) is 2. The molecule has 0 aromatic heterocycles. The van der Waals surface area contributed by atoms with E-state index in [1.54, 1.807) is 0 Å². The molecule has 11 heavy (non-hydrogen) atoms. The molecule has 0 saturated heterocycles. The first-order chi connectivity index (χ1) is 4.89. The van der Waals surface area contributed by atoms with E-state index in [0.717, 1.165) is 0 Å². The van der Waals surface area contributed by atoms with Crippen LogP contribution >= 0.6 is 0 Å². The molecular weight excluding hydrogens is 140 g/mol. The van der Waals surface area contributed by atoms with Gasteiger partial charge in [-0.05, 0) is 39.5 Å². The predicted octanol–water partition coefficient (Wildman–Crippen LogP) is 1.82. The van der Waals surface area contributed by atoms with Gasteiger partial charge < -0.3 is 10.2 Å². The summed E-state index contributed by atoms with van der Waals surface area (Å²) in [5.74, 6) is -1.50. The quantitative estimate of drug-likeness (QED) is 0.417. The van der Waals surface area contributed by atoms with Crippen molar-refractivity contribution in [3.63, 3.8) is 0 Å². The van der Waals surface area contributed by atoms with Crippen LogP contribution in [0.25, 0.3) is 0 Å². The Hall–Kier alpha value is -0.340. The number of allylic oxidation sites excluding steroid dienone is 1. The standard InChI is InChI=1S/C6H10.C3H8O2/c1-6-4-2-3-5-6;1-3(2,4)5/h1-5H2;4-5H,1-2H3. The van der Waals surface area contributed by atoms with E-state index < -0.39 is 5.79 Å². The number of rotatable bonds is 0. The summed E-state index contributed by atoms with van der Waals surface area (Å²) in [6.07, 6.45) is 5.36. The highest BCUT2D eigenvalue weighted by Gasteiger charge is 2.01. The molecule has 0 heterocycles. The first kappa shape index (κ1) is 10.7. The van der Waals surface area contributed by atoms with Gasteiger partial charge in [0.05, 0.1) is 0 Å². The second-order valence-electron chi connectivity index (χ2n) is 3.45. The average molecular weight is 158 g/mol. The minimum absolute atomic E-state index is 1.29. The molecule has 1 fully saturated rings. The Morgan fingerprint density at radius 2 is 1.45 bits per heavy atom. The Kier molecular flexibility index (Phi) is 4.38. The molecule has 0 bridgehead atoms.